The number of rotatable bonds is 4. The molecule has 1 fully saturated rings. The zero-order valence-corrected chi connectivity index (χ0v) is 14.1. The van der Waals surface area contributed by atoms with Crippen LogP contribution in [0.25, 0.3) is 0 Å². The molecule has 1 heterocycles. The van der Waals surface area contributed by atoms with Crippen LogP contribution in [0.3, 0.4) is 0 Å². The van der Waals surface area contributed by atoms with Crippen molar-refractivity contribution in [2.75, 3.05) is 26.2 Å². The summed E-state index contributed by atoms with van der Waals surface area (Å²) in [6.45, 7) is 8.20. The van der Waals surface area contributed by atoms with E-state index in [4.69, 9.17) is 23.2 Å². The van der Waals surface area contributed by atoms with E-state index < -0.39 is 0 Å². The molecule has 0 unspecified atom stereocenters. The summed E-state index contributed by atoms with van der Waals surface area (Å²) in [6, 6.07) is 5.59. The molecule has 0 spiro atoms. The van der Waals surface area contributed by atoms with Crippen molar-refractivity contribution in [3.8, 4) is 0 Å². The second-order valence-corrected chi connectivity index (χ2v) is 6.77. The average molecular weight is 329 g/mol. The monoisotopic (exact) mass is 328 g/mol. The summed E-state index contributed by atoms with van der Waals surface area (Å²) in [7, 11) is 0. The smallest absolute Gasteiger partial charge is 0.222 e. The van der Waals surface area contributed by atoms with Crippen molar-refractivity contribution in [1.29, 1.82) is 0 Å². The van der Waals surface area contributed by atoms with Gasteiger partial charge in [0.1, 0.15) is 0 Å². The highest BCUT2D eigenvalue weighted by molar-refractivity contribution is 6.35. The van der Waals surface area contributed by atoms with Gasteiger partial charge in [-0.2, -0.15) is 0 Å². The van der Waals surface area contributed by atoms with Crippen molar-refractivity contribution in [3.05, 3.63) is 33.8 Å². The van der Waals surface area contributed by atoms with Crippen LogP contribution in [0.5, 0.6) is 0 Å². The Hall–Kier alpha value is -0.770. The fourth-order valence-corrected chi connectivity index (χ4v) is 3.06. The van der Waals surface area contributed by atoms with Gasteiger partial charge < -0.3 is 4.90 Å². The van der Waals surface area contributed by atoms with Crippen LogP contribution in [0, 0.1) is 5.92 Å². The van der Waals surface area contributed by atoms with Crippen LogP contribution in [-0.2, 0) is 11.3 Å². The van der Waals surface area contributed by atoms with Crippen LogP contribution >= 0.6 is 23.2 Å². The lowest BCUT2D eigenvalue weighted by atomic mass is 10.1. The van der Waals surface area contributed by atoms with Crippen LogP contribution < -0.4 is 0 Å². The predicted octanol–water partition coefficient (Wildman–Crippen LogP) is 3.68. The lowest BCUT2D eigenvalue weighted by Crippen LogP contribution is -2.48. The van der Waals surface area contributed by atoms with Crippen molar-refractivity contribution < 1.29 is 4.79 Å². The van der Waals surface area contributed by atoms with Gasteiger partial charge in [0.25, 0.3) is 0 Å². The molecule has 0 aromatic heterocycles. The summed E-state index contributed by atoms with van der Waals surface area (Å²) in [4.78, 5) is 16.3. The molecule has 3 nitrogen and oxygen atoms in total. The molecule has 21 heavy (non-hydrogen) atoms. The Morgan fingerprint density at radius 2 is 1.71 bits per heavy atom. The maximum Gasteiger partial charge on any atom is 0.222 e. The van der Waals surface area contributed by atoms with Crippen LogP contribution in [0.4, 0.5) is 0 Å². The van der Waals surface area contributed by atoms with Crippen molar-refractivity contribution in [1.82, 2.24) is 9.80 Å². The molecule has 0 N–H and O–H groups in total. The number of carbonyl (C=O) groups excluding carboxylic acids is 1. The zero-order valence-electron chi connectivity index (χ0n) is 12.6. The Morgan fingerprint density at radius 1 is 1.14 bits per heavy atom. The number of hydrogen-bond acceptors (Lipinski definition) is 2. The standard InChI is InChI=1S/C16H22Cl2N2O/c1-12(2)10-16(21)20-8-6-19(7-9-20)11-13-14(17)4-3-5-15(13)18/h3-5,12H,6-11H2,1-2H3. The molecular formula is C16H22Cl2N2O. The molecule has 0 aliphatic carbocycles. The predicted molar refractivity (Wildman–Crippen MR) is 87.8 cm³/mol. The molecule has 1 saturated heterocycles. The Labute approximate surface area is 136 Å². The van der Waals surface area contributed by atoms with Gasteiger partial charge in [-0.3, -0.25) is 9.69 Å². The summed E-state index contributed by atoms with van der Waals surface area (Å²) in [5, 5.41) is 1.42. The number of carbonyl (C=O) groups is 1. The Balaban J connectivity index is 1.88. The molecule has 1 aliphatic rings. The van der Waals surface area contributed by atoms with Gasteiger partial charge in [-0.15, -0.1) is 0 Å². The minimum atomic E-state index is 0.264. The van der Waals surface area contributed by atoms with E-state index in [1.54, 1.807) is 0 Å². The average Bonchev–Trinajstić information content (AvgIpc) is 2.43. The van der Waals surface area contributed by atoms with Crippen molar-refractivity contribution in [2.45, 2.75) is 26.8 Å². The number of nitrogens with zero attached hydrogens (tertiary/aromatic N) is 2. The van der Waals surface area contributed by atoms with Gasteiger partial charge in [0.15, 0.2) is 0 Å². The first-order valence-corrected chi connectivity index (χ1v) is 8.16. The van der Waals surface area contributed by atoms with Gasteiger partial charge in [-0.1, -0.05) is 43.1 Å². The largest absolute Gasteiger partial charge is 0.340 e. The second-order valence-electron chi connectivity index (χ2n) is 5.96. The van der Waals surface area contributed by atoms with Crippen LogP contribution in [0.1, 0.15) is 25.8 Å². The second kappa shape index (κ2) is 7.48. The lowest BCUT2D eigenvalue weighted by Gasteiger charge is -2.35. The molecular weight excluding hydrogens is 307 g/mol. The molecule has 0 radical (unpaired) electrons. The van der Waals surface area contributed by atoms with Gasteiger partial charge in [0, 0.05) is 54.8 Å². The van der Waals surface area contributed by atoms with E-state index in [2.05, 4.69) is 18.7 Å². The van der Waals surface area contributed by atoms with Crippen LogP contribution in [0.2, 0.25) is 10.0 Å². The number of halogens is 2. The van der Waals surface area contributed by atoms with E-state index in [0.29, 0.717) is 22.4 Å². The summed E-state index contributed by atoms with van der Waals surface area (Å²) >= 11 is 12.4. The van der Waals surface area contributed by atoms with E-state index in [-0.39, 0.29) is 5.91 Å². The molecule has 0 atom stereocenters. The Kier molecular flexibility index (Phi) is 5.91. The first kappa shape index (κ1) is 16.6. The fourth-order valence-electron chi connectivity index (χ4n) is 2.54. The van der Waals surface area contributed by atoms with Crippen LogP contribution in [0.15, 0.2) is 18.2 Å². The van der Waals surface area contributed by atoms with Crippen LogP contribution in [-0.4, -0.2) is 41.9 Å². The molecule has 1 aliphatic heterocycles. The molecule has 1 amide bonds. The SMILES string of the molecule is CC(C)CC(=O)N1CCN(Cc2c(Cl)cccc2Cl)CC1. The van der Waals surface area contributed by atoms with E-state index in [1.165, 1.54) is 0 Å². The molecule has 116 valence electrons. The number of amides is 1. The number of piperazine rings is 1. The van der Waals surface area contributed by atoms with E-state index >= 15 is 0 Å². The molecule has 1 aromatic rings. The van der Waals surface area contributed by atoms with Gasteiger partial charge >= 0.3 is 0 Å². The highest BCUT2D eigenvalue weighted by Crippen LogP contribution is 2.26. The quantitative estimate of drug-likeness (QED) is 0.841. The third kappa shape index (κ3) is 4.60. The summed E-state index contributed by atoms with van der Waals surface area (Å²) in [6.07, 6.45) is 0.635. The minimum absolute atomic E-state index is 0.264. The maximum absolute atomic E-state index is 12.0. The summed E-state index contributed by atoms with van der Waals surface area (Å²) < 4.78 is 0. The third-order valence-corrected chi connectivity index (χ3v) is 4.46. The van der Waals surface area contributed by atoms with Gasteiger partial charge in [-0.25, -0.2) is 0 Å². The first-order valence-electron chi connectivity index (χ1n) is 7.40. The minimum Gasteiger partial charge on any atom is -0.340 e. The van der Waals surface area contributed by atoms with Gasteiger partial charge in [0.05, 0.1) is 0 Å². The molecule has 1 aromatic carbocycles. The van der Waals surface area contributed by atoms with E-state index in [1.807, 2.05) is 23.1 Å². The highest BCUT2D eigenvalue weighted by Gasteiger charge is 2.22. The fraction of sp³-hybridized carbons (Fsp3) is 0.562. The maximum atomic E-state index is 12.0. The topological polar surface area (TPSA) is 23.6 Å². The highest BCUT2D eigenvalue weighted by atomic mass is 35.5. The first-order chi connectivity index (χ1) is 9.97. The van der Waals surface area contributed by atoms with Gasteiger partial charge in [-0.05, 0) is 18.1 Å². The molecule has 2 rings (SSSR count). The lowest BCUT2D eigenvalue weighted by molar-refractivity contribution is -0.133. The van der Waals surface area contributed by atoms with E-state index in [0.717, 1.165) is 38.3 Å². The Morgan fingerprint density at radius 3 is 2.24 bits per heavy atom. The summed E-state index contributed by atoms with van der Waals surface area (Å²) in [5.74, 6) is 0.679. The zero-order chi connectivity index (χ0) is 15.4. The molecule has 5 heteroatoms. The number of hydrogen-bond donors (Lipinski definition) is 0. The molecule has 0 saturated carbocycles. The summed E-state index contributed by atoms with van der Waals surface area (Å²) in [5.41, 5.74) is 0.975. The van der Waals surface area contributed by atoms with E-state index in [9.17, 15) is 4.79 Å². The van der Waals surface area contributed by atoms with Crippen molar-refractivity contribution >= 4 is 29.1 Å². The number of benzene rings is 1. The van der Waals surface area contributed by atoms with Crippen molar-refractivity contribution in [3.63, 3.8) is 0 Å². The Bertz CT molecular complexity index is 477. The molecule has 0 bridgehead atoms. The van der Waals surface area contributed by atoms with Gasteiger partial charge in [0.2, 0.25) is 5.91 Å². The normalized spacial score (nSPS) is 16.5. The van der Waals surface area contributed by atoms with Crippen molar-refractivity contribution in [2.24, 2.45) is 5.92 Å². The third-order valence-electron chi connectivity index (χ3n) is 3.75.